The number of methoxy groups -OCH3 is 2. The van der Waals surface area contributed by atoms with Gasteiger partial charge in [0.15, 0.2) is 0 Å². The van der Waals surface area contributed by atoms with Crippen molar-refractivity contribution in [2.24, 2.45) is 11.3 Å². The number of Topliss-reactive ketones (excluding diaryl/α,β-unsaturated/α-hetero) is 1. The number of hydrogen-bond acceptors (Lipinski definition) is 6. The minimum Gasteiger partial charge on any atom is -0.497 e. The molecule has 0 radical (unpaired) electrons. The Bertz CT molecular complexity index is 1270. The first-order valence-electron chi connectivity index (χ1n) is 15.0. The maximum absolute atomic E-state index is 13.6. The zero-order chi connectivity index (χ0) is 31.8. The van der Waals surface area contributed by atoms with Crippen LogP contribution in [-0.2, 0) is 32.0 Å². The van der Waals surface area contributed by atoms with E-state index in [1.54, 1.807) is 35.0 Å². The van der Waals surface area contributed by atoms with Crippen LogP contribution in [0, 0.1) is 11.3 Å². The fourth-order valence-electron chi connectivity index (χ4n) is 6.01. The summed E-state index contributed by atoms with van der Waals surface area (Å²) in [5.41, 5.74) is -0.650. The molecule has 1 fully saturated rings. The van der Waals surface area contributed by atoms with Crippen molar-refractivity contribution in [1.82, 2.24) is 4.90 Å². The third kappa shape index (κ3) is 7.37. The number of carboxylic acids is 2. The van der Waals surface area contributed by atoms with Gasteiger partial charge in [-0.2, -0.15) is 0 Å². The summed E-state index contributed by atoms with van der Waals surface area (Å²) in [5, 5.41) is 20.9. The summed E-state index contributed by atoms with van der Waals surface area (Å²) in [7, 11) is 3.20. The first-order chi connectivity index (χ1) is 20.4. The second-order valence-corrected chi connectivity index (χ2v) is 12.0. The van der Waals surface area contributed by atoms with Gasteiger partial charge in [0.05, 0.1) is 14.2 Å². The van der Waals surface area contributed by atoms with Gasteiger partial charge in [-0.25, -0.2) is 9.59 Å². The number of carbonyl (C=O) groups is 4. The van der Waals surface area contributed by atoms with Crippen LogP contribution in [0.25, 0.3) is 0 Å². The summed E-state index contributed by atoms with van der Waals surface area (Å²) >= 11 is 0. The van der Waals surface area contributed by atoms with E-state index >= 15 is 0 Å². The first-order valence-corrected chi connectivity index (χ1v) is 15.0. The summed E-state index contributed by atoms with van der Waals surface area (Å²) in [5.74, 6) is -3.65. The van der Waals surface area contributed by atoms with Crippen LogP contribution >= 0.6 is 0 Å². The maximum Gasteiger partial charge on any atom is 0.330 e. The minimum atomic E-state index is -1.76. The van der Waals surface area contributed by atoms with Gasteiger partial charge in [0, 0.05) is 11.3 Å². The molecule has 0 saturated carbocycles. The highest BCUT2D eigenvalue weighted by Crippen LogP contribution is 2.50. The van der Waals surface area contributed by atoms with Crippen LogP contribution in [0.2, 0.25) is 0 Å². The molecule has 1 heterocycles. The number of aliphatic carboxylic acids is 2. The fourth-order valence-corrected chi connectivity index (χ4v) is 6.01. The zero-order valence-corrected chi connectivity index (χ0v) is 25.9. The molecule has 43 heavy (non-hydrogen) atoms. The summed E-state index contributed by atoms with van der Waals surface area (Å²) in [6, 6.07) is 13.9. The van der Waals surface area contributed by atoms with Crippen LogP contribution in [0.5, 0.6) is 11.5 Å². The molecule has 9 heteroatoms. The van der Waals surface area contributed by atoms with Crippen molar-refractivity contribution in [1.29, 1.82) is 0 Å². The third-order valence-corrected chi connectivity index (χ3v) is 9.06. The molecule has 3 atom stereocenters. The van der Waals surface area contributed by atoms with E-state index in [0.717, 1.165) is 40.4 Å². The average Bonchev–Trinajstić information content (AvgIpc) is 2.99. The molecule has 2 N–H and O–H groups in total. The SMILES string of the molecule is CCC(C)(C)C(=O)C(=O)N1[C@H](C(=O)O)C(CCCCc2ccc(OC)cc2)[C@@]1(CCCCc1ccc(OC)cc1)C(=O)O. The van der Waals surface area contributed by atoms with Crippen molar-refractivity contribution >= 4 is 23.6 Å². The monoisotopic (exact) mass is 595 g/mol. The van der Waals surface area contributed by atoms with E-state index in [-0.39, 0.29) is 6.42 Å². The standard InChI is InChI=1S/C34H45NO8/c1-6-33(2,3)29(36)30(37)35-28(31(38)39)27(13-8-7-11-23-14-18-25(42-4)19-15-23)34(35,32(40)41)22-10-9-12-24-16-20-26(43-5)21-17-24/h14-21,27-28H,6-13,22H2,1-5H3,(H,38,39)(H,40,41)/t27?,28-,34-/m0/s1. The topological polar surface area (TPSA) is 130 Å². The Labute approximate surface area is 254 Å². The highest BCUT2D eigenvalue weighted by Gasteiger charge is 2.69. The van der Waals surface area contributed by atoms with Crippen LogP contribution < -0.4 is 9.47 Å². The molecular formula is C34H45NO8. The highest BCUT2D eigenvalue weighted by atomic mass is 16.5. The van der Waals surface area contributed by atoms with E-state index in [2.05, 4.69) is 0 Å². The lowest BCUT2D eigenvalue weighted by atomic mass is 9.62. The molecule has 3 rings (SSSR count). The lowest BCUT2D eigenvalue weighted by Gasteiger charge is -2.60. The van der Waals surface area contributed by atoms with E-state index in [1.165, 1.54) is 0 Å². The molecule has 0 aliphatic carbocycles. The average molecular weight is 596 g/mol. The molecule has 1 aliphatic rings. The van der Waals surface area contributed by atoms with Crippen molar-refractivity contribution in [3.8, 4) is 11.5 Å². The van der Waals surface area contributed by atoms with Crippen LogP contribution in [-0.4, -0.2) is 64.5 Å². The maximum atomic E-state index is 13.6. The molecule has 234 valence electrons. The van der Waals surface area contributed by atoms with Gasteiger partial charge >= 0.3 is 11.9 Å². The van der Waals surface area contributed by atoms with Crippen molar-refractivity contribution in [2.45, 2.75) is 90.1 Å². The first kappa shape index (κ1) is 33.6. The number of ketones is 1. The minimum absolute atomic E-state index is 0.0665. The third-order valence-electron chi connectivity index (χ3n) is 9.06. The summed E-state index contributed by atoms with van der Waals surface area (Å²) < 4.78 is 10.4. The predicted octanol–water partition coefficient (Wildman–Crippen LogP) is 5.57. The summed E-state index contributed by atoms with van der Waals surface area (Å²) in [4.78, 5) is 53.3. The number of ether oxygens (including phenoxy) is 2. The van der Waals surface area contributed by atoms with E-state index in [9.17, 15) is 29.4 Å². The molecule has 0 bridgehead atoms. The van der Waals surface area contributed by atoms with Crippen molar-refractivity contribution in [3.05, 3.63) is 59.7 Å². The number of aryl methyl sites for hydroxylation is 2. The Morgan fingerprint density at radius 3 is 1.72 bits per heavy atom. The number of carboxylic acid groups (broad SMARTS) is 2. The quantitative estimate of drug-likeness (QED) is 0.179. The normalized spacial score (nSPS) is 19.8. The Hall–Kier alpha value is -3.88. The van der Waals surface area contributed by atoms with Gasteiger partial charge < -0.3 is 24.6 Å². The number of unbranched alkanes of at least 4 members (excludes halogenated alkanes) is 2. The molecule has 0 aromatic heterocycles. The number of carbonyl (C=O) groups excluding carboxylic acids is 2. The Morgan fingerprint density at radius 1 is 0.814 bits per heavy atom. The van der Waals surface area contributed by atoms with Crippen molar-refractivity contribution < 1.29 is 38.9 Å². The molecule has 1 unspecified atom stereocenters. The van der Waals surface area contributed by atoms with E-state index in [0.29, 0.717) is 38.5 Å². The number of nitrogens with zero attached hydrogens (tertiary/aromatic N) is 1. The van der Waals surface area contributed by atoms with Gasteiger partial charge in [-0.3, -0.25) is 9.59 Å². The molecule has 2 aromatic rings. The molecule has 0 spiro atoms. The van der Waals surface area contributed by atoms with Gasteiger partial charge in [0.25, 0.3) is 5.91 Å². The van der Waals surface area contributed by atoms with E-state index < -0.39 is 46.5 Å². The van der Waals surface area contributed by atoms with Crippen LogP contribution in [0.3, 0.4) is 0 Å². The number of hydrogen-bond donors (Lipinski definition) is 2. The van der Waals surface area contributed by atoms with Crippen LogP contribution in [0.1, 0.15) is 76.8 Å². The predicted molar refractivity (Wildman–Crippen MR) is 162 cm³/mol. The van der Waals surface area contributed by atoms with Gasteiger partial charge in [0.2, 0.25) is 5.78 Å². The van der Waals surface area contributed by atoms with E-state index in [4.69, 9.17) is 9.47 Å². The molecule has 1 amide bonds. The number of likely N-dealkylation sites (tertiary alicyclic amines) is 1. The highest BCUT2D eigenvalue weighted by molar-refractivity contribution is 6.39. The van der Waals surface area contributed by atoms with Crippen LogP contribution in [0.4, 0.5) is 0 Å². The fraction of sp³-hybridized carbons (Fsp3) is 0.529. The van der Waals surface area contributed by atoms with Gasteiger partial charge in [0.1, 0.15) is 23.1 Å². The molecule has 1 saturated heterocycles. The number of benzene rings is 2. The van der Waals surface area contributed by atoms with Gasteiger partial charge in [-0.05, 0) is 80.3 Å². The lowest BCUT2D eigenvalue weighted by molar-refractivity contribution is -0.206. The van der Waals surface area contributed by atoms with Gasteiger partial charge in [-0.15, -0.1) is 0 Å². The zero-order valence-electron chi connectivity index (χ0n) is 25.9. The molecular weight excluding hydrogens is 550 g/mol. The van der Waals surface area contributed by atoms with Crippen molar-refractivity contribution in [2.75, 3.05) is 14.2 Å². The summed E-state index contributed by atoms with van der Waals surface area (Å²) in [6.45, 7) is 5.01. The largest absolute Gasteiger partial charge is 0.497 e. The Kier molecular flexibility index (Phi) is 11.4. The second-order valence-electron chi connectivity index (χ2n) is 12.0. The second kappa shape index (κ2) is 14.5. The molecule has 9 nitrogen and oxygen atoms in total. The van der Waals surface area contributed by atoms with Crippen molar-refractivity contribution in [3.63, 3.8) is 0 Å². The lowest BCUT2D eigenvalue weighted by Crippen LogP contribution is -2.80. The van der Waals surface area contributed by atoms with Gasteiger partial charge in [-0.1, -0.05) is 57.9 Å². The summed E-state index contributed by atoms with van der Waals surface area (Å²) in [6.07, 6.45) is 4.55. The smallest absolute Gasteiger partial charge is 0.330 e. The van der Waals surface area contributed by atoms with Crippen LogP contribution in [0.15, 0.2) is 48.5 Å². The number of amides is 1. The Morgan fingerprint density at radius 2 is 1.30 bits per heavy atom. The number of rotatable bonds is 17. The molecule has 1 aliphatic heterocycles. The Balaban J connectivity index is 1.82. The van der Waals surface area contributed by atoms with E-state index in [1.807, 2.05) is 48.5 Å². The molecule has 2 aromatic carbocycles.